The predicted octanol–water partition coefficient (Wildman–Crippen LogP) is 2.72. The van der Waals surface area contributed by atoms with Crippen LogP contribution < -0.4 is 9.47 Å². The molecule has 1 aliphatic rings. The number of benzene rings is 2. The summed E-state index contributed by atoms with van der Waals surface area (Å²) in [5, 5.41) is 10.1. The molecule has 25 heavy (non-hydrogen) atoms. The van der Waals surface area contributed by atoms with Crippen molar-refractivity contribution in [2.24, 2.45) is 0 Å². The predicted molar refractivity (Wildman–Crippen MR) is 94.7 cm³/mol. The Balaban J connectivity index is 1.71. The molecule has 132 valence electrons. The number of carbonyl (C=O) groups excluding carboxylic acids is 1. The van der Waals surface area contributed by atoms with Crippen molar-refractivity contribution in [3.05, 3.63) is 59.7 Å². The highest BCUT2D eigenvalue weighted by Gasteiger charge is 2.35. The largest absolute Gasteiger partial charge is 0.497 e. The summed E-state index contributed by atoms with van der Waals surface area (Å²) in [7, 11) is 1.61. The molecule has 5 heteroatoms. The molecule has 1 saturated heterocycles. The van der Waals surface area contributed by atoms with E-state index in [2.05, 4.69) is 0 Å². The summed E-state index contributed by atoms with van der Waals surface area (Å²) in [5.74, 6) is 1.28. The van der Waals surface area contributed by atoms with E-state index in [1.165, 1.54) is 0 Å². The number of β-amino-alcohol motifs (C(OH)–C–C–N with tert-alkyl or cyclic N) is 1. The van der Waals surface area contributed by atoms with Crippen LogP contribution in [0.15, 0.2) is 48.5 Å². The first-order chi connectivity index (χ1) is 12.1. The van der Waals surface area contributed by atoms with Gasteiger partial charge in [0.2, 0.25) is 0 Å². The third kappa shape index (κ3) is 4.12. The Morgan fingerprint density at radius 3 is 2.72 bits per heavy atom. The lowest BCUT2D eigenvalue weighted by atomic mass is 10.0. The van der Waals surface area contributed by atoms with Crippen LogP contribution in [-0.2, 0) is 4.79 Å². The molecule has 3 rings (SSSR count). The highest BCUT2D eigenvalue weighted by atomic mass is 16.5. The lowest BCUT2D eigenvalue weighted by Crippen LogP contribution is -2.35. The fourth-order valence-corrected chi connectivity index (χ4v) is 3.19. The zero-order valence-electron chi connectivity index (χ0n) is 14.5. The fourth-order valence-electron chi connectivity index (χ4n) is 3.19. The van der Waals surface area contributed by atoms with Crippen LogP contribution in [0.5, 0.6) is 11.5 Å². The summed E-state index contributed by atoms with van der Waals surface area (Å²) in [6.45, 7) is 2.25. The summed E-state index contributed by atoms with van der Waals surface area (Å²) in [6.07, 6.45) is -0.0114. The molecule has 2 aromatic rings. The molecule has 1 aliphatic heterocycles. The zero-order valence-corrected chi connectivity index (χ0v) is 14.5. The van der Waals surface area contributed by atoms with Gasteiger partial charge in [-0.15, -0.1) is 0 Å². The Bertz CT molecular complexity index is 746. The number of likely N-dealkylation sites (tertiary alicyclic amines) is 1. The van der Waals surface area contributed by atoms with E-state index in [0.29, 0.717) is 18.7 Å². The third-order valence-electron chi connectivity index (χ3n) is 4.43. The smallest absolute Gasteiger partial charge is 0.261 e. The van der Waals surface area contributed by atoms with Crippen molar-refractivity contribution in [2.75, 3.05) is 20.3 Å². The maximum atomic E-state index is 12.6. The lowest BCUT2D eigenvalue weighted by molar-refractivity contribution is -0.134. The van der Waals surface area contributed by atoms with Crippen molar-refractivity contribution in [1.82, 2.24) is 4.90 Å². The van der Waals surface area contributed by atoms with Crippen molar-refractivity contribution in [3.8, 4) is 11.5 Å². The number of aryl methyl sites for hydroxylation is 1. The van der Waals surface area contributed by atoms with E-state index in [1.807, 2.05) is 55.5 Å². The molecule has 0 unspecified atom stereocenters. The fraction of sp³-hybridized carbons (Fsp3) is 0.350. The maximum Gasteiger partial charge on any atom is 0.261 e. The van der Waals surface area contributed by atoms with Crippen LogP contribution in [0.25, 0.3) is 0 Å². The normalized spacial score (nSPS) is 19.7. The molecular formula is C20H23NO4. The number of hydrogen-bond donors (Lipinski definition) is 1. The van der Waals surface area contributed by atoms with Gasteiger partial charge in [0.25, 0.3) is 5.91 Å². The minimum atomic E-state index is -0.529. The Hall–Kier alpha value is -2.53. The van der Waals surface area contributed by atoms with E-state index in [9.17, 15) is 9.90 Å². The average molecular weight is 341 g/mol. The van der Waals surface area contributed by atoms with Crippen LogP contribution in [0.3, 0.4) is 0 Å². The van der Waals surface area contributed by atoms with Crippen LogP contribution in [0, 0.1) is 6.92 Å². The molecule has 0 bridgehead atoms. The Morgan fingerprint density at radius 1 is 1.20 bits per heavy atom. The van der Waals surface area contributed by atoms with Crippen molar-refractivity contribution in [1.29, 1.82) is 0 Å². The Morgan fingerprint density at radius 2 is 1.96 bits per heavy atom. The molecule has 1 heterocycles. The zero-order chi connectivity index (χ0) is 17.8. The summed E-state index contributed by atoms with van der Waals surface area (Å²) in [6, 6.07) is 15.0. The number of ether oxygens (including phenoxy) is 2. The topological polar surface area (TPSA) is 59.0 Å². The van der Waals surface area contributed by atoms with Gasteiger partial charge in [-0.2, -0.15) is 0 Å². The summed E-state index contributed by atoms with van der Waals surface area (Å²) < 4.78 is 10.9. The van der Waals surface area contributed by atoms with Gasteiger partial charge in [0.15, 0.2) is 6.61 Å². The summed E-state index contributed by atoms with van der Waals surface area (Å²) >= 11 is 0. The molecule has 1 amide bonds. The monoisotopic (exact) mass is 341 g/mol. The molecule has 0 aromatic heterocycles. The molecular weight excluding hydrogens is 318 g/mol. The molecule has 0 saturated carbocycles. The highest BCUT2D eigenvalue weighted by Crippen LogP contribution is 2.33. The van der Waals surface area contributed by atoms with Gasteiger partial charge >= 0.3 is 0 Å². The number of hydrogen-bond acceptors (Lipinski definition) is 4. The van der Waals surface area contributed by atoms with E-state index in [-0.39, 0.29) is 18.6 Å². The molecule has 0 aliphatic carbocycles. The van der Waals surface area contributed by atoms with E-state index in [4.69, 9.17) is 9.47 Å². The Labute approximate surface area is 147 Å². The van der Waals surface area contributed by atoms with Crippen LogP contribution >= 0.6 is 0 Å². The van der Waals surface area contributed by atoms with Crippen LogP contribution in [0.1, 0.15) is 23.6 Å². The van der Waals surface area contributed by atoms with Crippen molar-refractivity contribution in [3.63, 3.8) is 0 Å². The van der Waals surface area contributed by atoms with Crippen molar-refractivity contribution >= 4 is 5.91 Å². The van der Waals surface area contributed by atoms with Gasteiger partial charge in [0, 0.05) is 6.54 Å². The minimum Gasteiger partial charge on any atom is -0.497 e. The first kappa shape index (κ1) is 17.3. The summed E-state index contributed by atoms with van der Waals surface area (Å²) in [4.78, 5) is 14.3. The number of aliphatic hydroxyl groups excluding tert-OH is 1. The van der Waals surface area contributed by atoms with Crippen molar-refractivity contribution < 1.29 is 19.4 Å². The van der Waals surface area contributed by atoms with E-state index >= 15 is 0 Å². The number of rotatable bonds is 5. The van der Waals surface area contributed by atoms with Gasteiger partial charge in [-0.05, 0) is 48.7 Å². The highest BCUT2D eigenvalue weighted by molar-refractivity contribution is 5.78. The molecule has 1 N–H and O–H groups in total. The molecule has 1 fully saturated rings. The minimum absolute atomic E-state index is 0.0450. The Kier molecular flexibility index (Phi) is 5.24. The molecule has 2 atom stereocenters. The number of methoxy groups -OCH3 is 1. The van der Waals surface area contributed by atoms with E-state index < -0.39 is 6.10 Å². The van der Waals surface area contributed by atoms with E-state index in [1.54, 1.807) is 12.0 Å². The van der Waals surface area contributed by atoms with Gasteiger partial charge in [0.1, 0.15) is 11.5 Å². The maximum absolute atomic E-state index is 12.6. The molecule has 2 aromatic carbocycles. The number of nitrogens with zero attached hydrogens (tertiary/aromatic N) is 1. The molecule has 0 spiro atoms. The second kappa shape index (κ2) is 7.57. The van der Waals surface area contributed by atoms with E-state index in [0.717, 1.165) is 16.9 Å². The third-order valence-corrected chi connectivity index (χ3v) is 4.43. The lowest BCUT2D eigenvalue weighted by Gasteiger charge is -2.25. The number of amides is 1. The SMILES string of the molecule is COc1cccc([C@H]2C[C@@H](O)CN2C(=O)COc2cccc(C)c2)c1. The van der Waals surface area contributed by atoms with Crippen molar-refractivity contribution in [2.45, 2.75) is 25.5 Å². The molecule has 5 nitrogen and oxygen atoms in total. The molecule has 0 radical (unpaired) electrons. The first-order valence-corrected chi connectivity index (χ1v) is 8.38. The standard InChI is InChI=1S/C20H23NO4/c1-14-5-3-8-18(9-14)25-13-20(23)21-12-16(22)11-19(21)15-6-4-7-17(10-15)24-2/h3-10,16,19,22H,11-13H2,1-2H3/t16-,19-/m1/s1. The second-order valence-corrected chi connectivity index (χ2v) is 6.33. The van der Waals surface area contributed by atoms with Gasteiger partial charge < -0.3 is 19.5 Å². The number of carbonyl (C=O) groups is 1. The van der Waals surface area contributed by atoms with Gasteiger partial charge in [-0.25, -0.2) is 0 Å². The number of aliphatic hydroxyl groups is 1. The van der Waals surface area contributed by atoms with Gasteiger partial charge in [-0.3, -0.25) is 4.79 Å². The summed E-state index contributed by atoms with van der Waals surface area (Å²) in [5.41, 5.74) is 2.04. The first-order valence-electron chi connectivity index (χ1n) is 8.38. The van der Waals surface area contributed by atoms with Crippen LogP contribution in [0.4, 0.5) is 0 Å². The van der Waals surface area contributed by atoms with Gasteiger partial charge in [-0.1, -0.05) is 24.3 Å². The van der Waals surface area contributed by atoms with Crippen LogP contribution in [0.2, 0.25) is 0 Å². The average Bonchev–Trinajstić information content (AvgIpc) is 3.02. The van der Waals surface area contributed by atoms with Gasteiger partial charge in [0.05, 0.1) is 19.3 Å². The second-order valence-electron chi connectivity index (χ2n) is 6.33. The quantitative estimate of drug-likeness (QED) is 0.908. The van der Waals surface area contributed by atoms with Crippen LogP contribution in [-0.4, -0.2) is 42.3 Å².